The minimum absolute atomic E-state index is 0.0203. The Morgan fingerprint density at radius 1 is 1.06 bits per heavy atom. The predicted molar refractivity (Wildman–Crippen MR) is 128 cm³/mol. The number of ether oxygens (including phenoxy) is 1. The summed E-state index contributed by atoms with van der Waals surface area (Å²) < 4.78 is 7.18. The highest BCUT2D eigenvalue weighted by Gasteiger charge is 2.34. The minimum atomic E-state index is -0.113. The van der Waals surface area contributed by atoms with Crippen LogP contribution in [0.2, 0.25) is 0 Å². The second kappa shape index (κ2) is 10.2. The molecule has 172 valence electrons. The minimum Gasteiger partial charge on any atom is -0.497 e. The van der Waals surface area contributed by atoms with Gasteiger partial charge in [0.1, 0.15) is 5.75 Å². The average molecular weight is 465 g/mol. The Hall–Kier alpha value is -3.13. The number of thioether (sulfide) groups is 1. The van der Waals surface area contributed by atoms with E-state index in [0.717, 1.165) is 30.0 Å². The number of rotatable bonds is 8. The highest BCUT2D eigenvalue weighted by Crippen LogP contribution is 2.34. The fourth-order valence-electron chi connectivity index (χ4n) is 4.08. The third-order valence-electron chi connectivity index (χ3n) is 5.92. The zero-order valence-electron chi connectivity index (χ0n) is 19.2. The maximum atomic E-state index is 13.2. The number of benzene rings is 2. The summed E-state index contributed by atoms with van der Waals surface area (Å²) in [6, 6.07) is 14.7. The van der Waals surface area contributed by atoms with Crippen LogP contribution in [0.5, 0.6) is 5.75 Å². The van der Waals surface area contributed by atoms with Crippen molar-refractivity contribution in [3.8, 4) is 5.75 Å². The van der Waals surface area contributed by atoms with Crippen LogP contribution < -0.4 is 4.74 Å². The quantitative estimate of drug-likeness (QED) is 0.359. The van der Waals surface area contributed by atoms with E-state index in [1.807, 2.05) is 47.6 Å². The Morgan fingerprint density at radius 3 is 2.42 bits per heavy atom. The van der Waals surface area contributed by atoms with Gasteiger partial charge in [-0.25, -0.2) is 0 Å². The summed E-state index contributed by atoms with van der Waals surface area (Å²) in [6.45, 7) is 5.41. The lowest BCUT2D eigenvalue weighted by Gasteiger charge is -2.24. The molecule has 8 heteroatoms. The second-order valence-corrected chi connectivity index (χ2v) is 8.99. The van der Waals surface area contributed by atoms with Gasteiger partial charge in [-0.3, -0.25) is 9.59 Å². The highest BCUT2D eigenvalue weighted by molar-refractivity contribution is 7.99. The smallest absolute Gasteiger partial charge is 0.254 e. The molecular weight excluding hydrogens is 436 g/mol. The molecule has 33 heavy (non-hydrogen) atoms. The fraction of sp³-hybridized carbons (Fsp3) is 0.360. The lowest BCUT2D eigenvalue weighted by atomic mass is 10.1. The molecule has 4 rings (SSSR count). The summed E-state index contributed by atoms with van der Waals surface area (Å²) in [5, 5.41) is 9.52. The fourth-order valence-corrected chi connectivity index (χ4v) is 4.98. The summed E-state index contributed by atoms with van der Waals surface area (Å²) in [5.41, 5.74) is 2.45. The van der Waals surface area contributed by atoms with E-state index < -0.39 is 0 Å². The molecule has 1 aromatic heterocycles. The molecule has 0 spiro atoms. The molecule has 2 heterocycles. The lowest BCUT2D eigenvalue weighted by molar-refractivity contribution is 0.0726. The van der Waals surface area contributed by atoms with Crippen molar-refractivity contribution in [2.45, 2.75) is 44.4 Å². The molecule has 1 aliphatic heterocycles. The summed E-state index contributed by atoms with van der Waals surface area (Å²) >= 11 is 1.38. The van der Waals surface area contributed by atoms with Crippen LogP contribution in [-0.4, -0.2) is 50.8 Å². The van der Waals surface area contributed by atoms with E-state index in [-0.39, 0.29) is 23.5 Å². The Morgan fingerprint density at radius 2 is 1.76 bits per heavy atom. The molecule has 1 unspecified atom stereocenters. The Bertz CT molecular complexity index is 1130. The van der Waals surface area contributed by atoms with Crippen molar-refractivity contribution in [1.29, 1.82) is 0 Å². The van der Waals surface area contributed by atoms with Gasteiger partial charge in [-0.1, -0.05) is 29.5 Å². The van der Waals surface area contributed by atoms with Crippen LogP contribution in [0.1, 0.15) is 57.9 Å². The summed E-state index contributed by atoms with van der Waals surface area (Å²) in [6.07, 6.45) is 1.78. The van der Waals surface area contributed by atoms with E-state index in [9.17, 15) is 9.59 Å². The molecule has 0 bridgehead atoms. The number of carbonyl (C=O) groups is 2. The van der Waals surface area contributed by atoms with Crippen LogP contribution in [0.3, 0.4) is 0 Å². The molecule has 0 aliphatic carbocycles. The second-order valence-electron chi connectivity index (χ2n) is 8.05. The number of amides is 1. The number of aryl methyl sites for hydroxylation is 1. The number of hydrogen-bond donors (Lipinski definition) is 0. The number of aromatic nitrogens is 3. The zero-order chi connectivity index (χ0) is 23.4. The molecule has 2 aromatic carbocycles. The Balaban J connectivity index is 1.48. The standard InChI is InChI=1S/C25H28N4O3S/c1-4-28-23(21-6-5-15-29(21)24(31)19-9-7-17(2)8-10-19)26-27-25(28)33-16-22(30)18-11-13-20(32-3)14-12-18/h7-14,21H,4-6,15-16H2,1-3H3. The van der Waals surface area contributed by atoms with Crippen LogP contribution in [0, 0.1) is 6.92 Å². The van der Waals surface area contributed by atoms with E-state index in [0.29, 0.717) is 29.4 Å². The van der Waals surface area contributed by atoms with Gasteiger partial charge in [0.05, 0.1) is 18.9 Å². The van der Waals surface area contributed by atoms with Crippen molar-refractivity contribution in [3.05, 3.63) is 71.0 Å². The van der Waals surface area contributed by atoms with Crippen molar-refractivity contribution in [2.24, 2.45) is 0 Å². The van der Waals surface area contributed by atoms with Gasteiger partial charge in [-0.05, 0) is 63.1 Å². The number of ketones is 1. The number of nitrogens with zero attached hydrogens (tertiary/aromatic N) is 4. The third kappa shape index (κ3) is 4.95. The topological polar surface area (TPSA) is 77.3 Å². The number of methoxy groups -OCH3 is 1. The first kappa shape index (κ1) is 23.0. The molecule has 7 nitrogen and oxygen atoms in total. The number of hydrogen-bond acceptors (Lipinski definition) is 6. The molecule has 1 fully saturated rings. The van der Waals surface area contributed by atoms with Crippen molar-refractivity contribution in [1.82, 2.24) is 19.7 Å². The zero-order valence-corrected chi connectivity index (χ0v) is 20.0. The molecule has 1 atom stereocenters. The number of likely N-dealkylation sites (tertiary alicyclic amines) is 1. The number of carbonyl (C=O) groups excluding carboxylic acids is 2. The van der Waals surface area contributed by atoms with E-state index >= 15 is 0 Å². The molecular formula is C25H28N4O3S. The molecule has 0 saturated carbocycles. The lowest BCUT2D eigenvalue weighted by Crippen LogP contribution is -2.32. The summed E-state index contributed by atoms with van der Waals surface area (Å²) in [7, 11) is 1.60. The van der Waals surface area contributed by atoms with Gasteiger partial charge >= 0.3 is 0 Å². The first-order valence-corrected chi connectivity index (χ1v) is 12.1. The van der Waals surface area contributed by atoms with E-state index in [1.165, 1.54) is 11.8 Å². The maximum absolute atomic E-state index is 13.2. The summed E-state index contributed by atoms with van der Waals surface area (Å²) in [4.78, 5) is 27.7. The van der Waals surface area contributed by atoms with Gasteiger partial charge in [-0.15, -0.1) is 10.2 Å². The van der Waals surface area contributed by atoms with Gasteiger partial charge in [0, 0.05) is 24.2 Å². The molecule has 1 amide bonds. The van der Waals surface area contributed by atoms with Crippen LogP contribution in [0.25, 0.3) is 0 Å². The van der Waals surface area contributed by atoms with Gasteiger partial charge in [-0.2, -0.15) is 0 Å². The van der Waals surface area contributed by atoms with Crippen molar-refractivity contribution >= 4 is 23.5 Å². The van der Waals surface area contributed by atoms with E-state index in [1.54, 1.807) is 31.4 Å². The Kier molecular flexibility index (Phi) is 7.13. The monoisotopic (exact) mass is 464 g/mol. The van der Waals surface area contributed by atoms with E-state index in [4.69, 9.17) is 4.74 Å². The van der Waals surface area contributed by atoms with Gasteiger partial charge < -0.3 is 14.2 Å². The largest absolute Gasteiger partial charge is 0.497 e. The molecule has 1 saturated heterocycles. The van der Waals surface area contributed by atoms with Crippen LogP contribution in [0.15, 0.2) is 53.7 Å². The van der Waals surface area contributed by atoms with Crippen molar-refractivity contribution < 1.29 is 14.3 Å². The highest BCUT2D eigenvalue weighted by atomic mass is 32.2. The number of Topliss-reactive ketones (excluding diaryl/α,β-unsaturated/α-hetero) is 1. The predicted octanol–water partition coefficient (Wildman–Crippen LogP) is 4.57. The normalized spacial score (nSPS) is 15.6. The maximum Gasteiger partial charge on any atom is 0.254 e. The van der Waals surface area contributed by atoms with Crippen LogP contribution in [0.4, 0.5) is 0 Å². The van der Waals surface area contributed by atoms with E-state index in [2.05, 4.69) is 10.2 Å². The molecule has 3 aromatic rings. The van der Waals surface area contributed by atoms with Crippen LogP contribution in [-0.2, 0) is 6.54 Å². The first-order chi connectivity index (χ1) is 16.0. The third-order valence-corrected chi connectivity index (χ3v) is 6.88. The van der Waals surface area contributed by atoms with Crippen molar-refractivity contribution in [3.63, 3.8) is 0 Å². The molecule has 1 aliphatic rings. The summed E-state index contributed by atoms with van der Waals surface area (Å²) in [5.74, 6) is 1.81. The average Bonchev–Trinajstić information content (AvgIpc) is 3.49. The SMILES string of the molecule is CCn1c(SCC(=O)c2ccc(OC)cc2)nnc1C1CCCN1C(=O)c1ccc(C)cc1. The van der Waals surface area contributed by atoms with Gasteiger partial charge in [0.25, 0.3) is 5.91 Å². The Labute approximate surface area is 198 Å². The van der Waals surface area contributed by atoms with Crippen molar-refractivity contribution in [2.75, 3.05) is 19.4 Å². The van der Waals surface area contributed by atoms with Crippen LogP contribution >= 0.6 is 11.8 Å². The molecule has 0 N–H and O–H groups in total. The van der Waals surface area contributed by atoms with Gasteiger partial charge in [0.15, 0.2) is 16.8 Å². The molecule has 0 radical (unpaired) electrons. The first-order valence-electron chi connectivity index (χ1n) is 11.1. The van der Waals surface area contributed by atoms with Gasteiger partial charge in [0.2, 0.25) is 0 Å².